The molecule has 2 aliphatic rings. The van der Waals surface area contributed by atoms with Gasteiger partial charge in [-0.2, -0.15) is 0 Å². The van der Waals surface area contributed by atoms with Crippen molar-refractivity contribution in [3.8, 4) is 5.75 Å². The van der Waals surface area contributed by atoms with E-state index in [0.717, 1.165) is 25.8 Å². The van der Waals surface area contributed by atoms with E-state index in [9.17, 15) is 13.2 Å². The molecule has 2 atom stereocenters. The van der Waals surface area contributed by atoms with Gasteiger partial charge in [-0.3, -0.25) is 9.10 Å². The molecule has 1 aromatic carbocycles. The molecular formula is C23H30N2O4S2. The standard InChI is InChI=1S/C23H30N2O4S2/c1-22(2)12-18-13-23(3,15-22)16-25(18)20(26)14-29-19-9-7-17(8-10-19)24(4)31(27,28)21-6-5-11-30-21/h5-11,18H,12-16H2,1-4H3/t18-,23+/m1/s1. The van der Waals surface area contributed by atoms with Gasteiger partial charge in [-0.25, -0.2) is 8.42 Å². The number of thiophene rings is 1. The van der Waals surface area contributed by atoms with E-state index in [2.05, 4.69) is 20.8 Å². The van der Waals surface area contributed by atoms with Crippen LogP contribution in [0.2, 0.25) is 0 Å². The lowest BCUT2D eigenvalue weighted by Gasteiger charge is -2.39. The van der Waals surface area contributed by atoms with Gasteiger partial charge in [0.05, 0.1) is 5.69 Å². The number of carbonyl (C=O) groups excluding carboxylic acids is 1. The number of likely N-dealkylation sites (tertiary alicyclic amines) is 1. The van der Waals surface area contributed by atoms with E-state index in [4.69, 9.17) is 4.74 Å². The molecule has 0 spiro atoms. The highest BCUT2D eigenvalue weighted by atomic mass is 32.2. The van der Waals surface area contributed by atoms with Crippen molar-refractivity contribution in [2.24, 2.45) is 10.8 Å². The van der Waals surface area contributed by atoms with Crippen molar-refractivity contribution >= 4 is 33.0 Å². The number of nitrogens with zero attached hydrogens (tertiary/aromatic N) is 2. The Balaban J connectivity index is 1.37. The zero-order valence-electron chi connectivity index (χ0n) is 18.5. The van der Waals surface area contributed by atoms with Crippen LogP contribution in [-0.4, -0.2) is 45.5 Å². The van der Waals surface area contributed by atoms with Crippen LogP contribution in [0.1, 0.15) is 40.0 Å². The molecule has 31 heavy (non-hydrogen) atoms. The average Bonchev–Trinajstić information content (AvgIpc) is 3.32. The lowest BCUT2D eigenvalue weighted by Crippen LogP contribution is -2.40. The number of hydrogen-bond acceptors (Lipinski definition) is 5. The molecule has 2 fully saturated rings. The summed E-state index contributed by atoms with van der Waals surface area (Å²) >= 11 is 1.19. The summed E-state index contributed by atoms with van der Waals surface area (Å²) in [6.45, 7) is 7.66. The van der Waals surface area contributed by atoms with E-state index in [0.29, 0.717) is 21.7 Å². The molecule has 0 N–H and O–H groups in total. The van der Waals surface area contributed by atoms with Crippen molar-refractivity contribution in [2.45, 2.75) is 50.3 Å². The fourth-order valence-corrected chi connectivity index (χ4v) is 7.77. The first-order valence-corrected chi connectivity index (χ1v) is 12.9. The molecule has 1 saturated heterocycles. The SMILES string of the molecule is CN(c1ccc(OCC(=O)N2C[C@@]3(C)C[C@H]2CC(C)(C)C3)cc1)S(=O)(=O)c1cccs1. The van der Waals surface area contributed by atoms with Crippen LogP contribution in [0, 0.1) is 10.8 Å². The molecule has 2 aromatic rings. The predicted octanol–water partition coefficient (Wildman–Crippen LogP) is 4.38. The lowest BCUT2D eigenvalue weighted by molar-refractivity contribution is -0.134. The average molecular weight is 463 g/mol. The summed E-state index contributed by atoms with van der Waals surface area (Å²) in [6.07, 6.45) is 3.25. The monoisotopic (exact) mass is 462 g/mol. The van der Waals surface area contributed by atoms with Crippen LogP contribution in [0.25, 0.3) is 0 Å². The van der Waals surface area contributed by atoms with Gasteiger partial charge in [0.1, 0.15) is 9.96 Å². The number of rotatable bonds is 6. The first kappa shape index (κ1) is 22.1. The summed E-state index contributed by atoms with van der Waals surface area (Å²) in [4.78, 5) is 14.9. The van der Waals surface area contributed by atoms with E-state index < -0.39 is 10.0 Å². The fraction of sp³-hybridized carbons (Fsp3) is 0.522. The molecule has 1 aliphatic carbocycles. The molecule has 0 unspecified atom stereocenters. The Kier molecular flexibility index (Phi) is 5.58. The maximum Gasteiger partial charge on any atom is 0.273 e. The van der Waals surface area contributed by atoms with E-state index in [-0.39, 0.29) is 23.3 Å². The molecule has 168 valence electrons. The van der Waals surface area contributed by atoms with Gasteiger partial charge in [0.25, 0.3) is 15.9 Å². The Hall–Kier alpha value is -2.06. The Morgan fingerprint density at radius 2 is 1.90 bits per heavy atom. The minimum atomic E-state index is -3.57. The highest BCUT2D eigenvalue weighted by molar-refractivity contribution is 7.94. The van der Waals surface area contributed by atoms with Gasteiger partial charge < -0.3 is 9.64 Å². The number of benzene rings is 1. The highest BCUT2D eigenvalue weighted by Crippen LogP contribution is 2.52. The molecule has 0 radical (unpaired) electrons. The minimum Gasteiger partial charge on any atom is -0.484 e. The number of fused-ring (bicyclic) bond motifs is 2. The Bertz CT molecular complexity index is 1050. The third-order valence-electron chi connectivity index (χ3n) is 6.41. The van der Waals surface area contributed by atoms with Crippen molar-refractivity contribution in [2.75, 3.05) is 24.5 Å². The van der Waals surface area contributed by atoms with E-state index in [1.54, 1.807) is 41.8 Å². The number of ether oxygens (including phenoxy) is 1. The summed E-state index contributed by atoms with van der Waals surface area (Å²) in [5.41, 5.74) is 0.997. The molecule has 1 amide bonds. The quantitative estimate of drug-likeness (QED) is 0.639. The third kappa shape index (κ3) is 4.46. The molecule has 2 heterocycles. The molecular weight excluding hydrogens is 432 g/mol. The first-order chi connectivity index (χ1) is 14.5. The Labute approximate surface area is 188 Å². The third-order valence-corrected chi connectivity index (χ3v) is 9.57. The summed E-state index contributed by atoms with van der Waals surface area (Å²) in [5.74, 6) is 0.570. The normalized spacial score (nSPS) is 24.8. The zero-order valence-corrected chi connectivity index (χ0v) is 20.1. The van der Waals surface area contributed by atoms with Gasteiger partial charge in [-0.1, -0.05) is 26.8 Å². The van der Waals surface area contributed by atoms with Crippen molar-refractivity contribution in [3.05, 3.63) is 41.8 Å². The van der Waals surface area contributed by atoms with Gasteiger partial charge in [-0.15, -0.1) is 11.3 Å². The molecule has 2 bridgehead atoms. The largest absolute Gasteiger partial charge is 0.484 e. The van der Waals surface area contributed by atoms with Crippen molar-refractivity contribution in [1.29, 1.82) is 0 Å². The lowest BCUT2D eigenvalue weighted by atomic mass is 9.65. The van der Waals surface area contributed by atoms with Gasteiger partial charge in [-0.05, 0) is 65.8 Å². The summed E-state index contributed by atoms with van der Waals surface area (Å²) < 4.78 is 32.6. The molecule has 1 saturated carbocycles. The van der Waals surface area contributed by atoms with E-state index in [1.165, 1.54) is 22.7 Å². The zero-order chi connectivity index (χ0) is 22.4. The summed E-state index contributed by atoms with van der Waals surface area (Å²) in [6, 6.07) is 10.4. The Morgan fingerprint density at radius 3 is 2.55 bits per heavy atom. The van der Waals surface area contributed by atoms with Crippen LogP contribution in [0.15, 0.2) is 46.0 Å². The molecule has 6 nitrogen and oxygen atoms in total. The second-order valence-electron chi connectivity index (χ2n) is 9.92. The Morgan fingerprint density at radius 1 is 1.19 bits per heavy atom. The minimum absolute atomic E-state index is 0.00428. The maximum atomic E-state index is 12.9. The van der Waals surface area contributed by atoms with Gasteiger partial charge >= 0.3 is 0 Å². The second-order valence-corrected chi connectivity index (χ2v) is 13.1. The van der Waals surface area contributed by atoms with Crippen LogP contribution in [-0.2, 0) is 14.8 Å². The van der Waals surface area contributed by atoms with Gasteiger partial charge in [0.2, 0.25) is 0 Å². The predicted molar refractivity (Wildman–Crippen MR) is 123 cm³/mol. The van der Waals surface area contributed by atoms with Gasteiger partial charge in [0.15, 0.2) is 6.61 Å². The second kappa shape index (κ2) is 7.81. The summed E-state index contributed by atoms with van der Waals surface area (Å²) in [5, 5.41) is 1.74. The number of carbonyl (C=O) groups is 1. The number of hydrogen-bond donors (Lipinski definition) is 0. The van der Waals surface area contributed by atoms with Crippen molar-refractivity contribution in [3.63, 3.8) is 0 Å². The van der Waals surface area contributed by atoms with Crippen molar-refractivity contribution < 1.29 is 17.9 Å². The topological polar surface area (TPSA) is 66.9 Å². The smallest absolute Gasteiger partial charge is 0.273 e. The maximum absolute atomic E-state index is 12.9. The van der Waals surface area contributed by atoms with Crippen LogP contribution >= 0.6 is 11.3 Å². The fourth-order valence-electron chi connectivity index (χ4n) is 5.42. The van der Waals surface area contributed by atoms with Crippen LogP contribution in [0.4, 0.5) is 5.69 Å². The van der Waals surface area contributed by atoms with Crippen LogP contribution in [0.5, 0.6) is 5.75 Å². The van der Waals surface area contributed by atoms with Gasteiger partial charge in [0, 0.05) is 19.6 Å². The molecule has 4 rings (SSSR count). The van der Waals surface area contributed by atoms with E-state index >= 15 is 0 Å². The van der Waals surface area contributed by atoms with E-state index in [1.807, 2.05) is 4.90 Å². The molecule has 1 aromatic heterocycles. The highest BCUT2D eigenvalue weighted by Gasteiger charge is 2.50. The van der Waals surface area contributed by atoms with Crippen LogP contribution < -0.4 is 9.04 Å². The summed E-state index contributed by atoms with van der Waals surface area (Å²) in [7, 11) is -2.04. The number of anilines is 1. The number of sulfonamides is 1. The molecule has 1 aliphatic heterocycles. The van der Waals surface area contributed by atoms with Crippen molar-refractivity contribution in [1.82, 2.24) is 4.90 Å². The first-order valence-electron chi connectivity index (χ1n) is 10.5. The number of amides is 1. The molecule has 8 heteroatoms. The van der Waals surface area contributed by atoms with Crippen LogP contribution in [0.3, 0.4) is 0 Å².